The maximum Gasteiger partial charge on any atom is 0.306 e. The molecule has 0 rings (SSSR count). The third-order valence-corrected chi connectivity index (χ3v) is 14.6. The molecular formula is C72H126O6. The van der Waals surface area contributed by atoms with Crippen LogP contribution in [0.4, 0.5) is 0 Å². The average molecular weight is 1090 g/mol. The lowest BCUT2D eigenvalue weighted by atomic mass is 10.0. The minimum Gasteiger partial charge on any atom is -0.462 e. The molecule has 0 fully saturated rings. The van der Waals surface area contributed by atoms with E-state index >= 15 is 0 Å². The van der Waals surface area contributed by atoms with Crippen LogP contribution in [-0.4, -0.2) is 37.2 Å². The molecule has 0 N–H and O–H groups in total. The molecule has 450 valence electrons. The number of ether oxygens (including phenoxy) is 3. The van der Waals surface area contributed by atoms with Gasteiger partial charge < -0.3 is 14.2 Å². The van der Waals surface area contributed by atoms with Gasteiger partial charge in [-0.15, -0.1) is 0 Å². The van der Waals surface area contributed by atoms with Crippen LogP contribution in [0, 0.1) is 0 Å². The van der Waals surface area contributed by atoms with Gasteiger partial charge in [-0.05, 0) is 83.5 Å². The van der Waals surface area contributed by atoms with Crippen molar-refractivity contribution in [1.82, 2.24) is 0 Å². The Hall–Kier alpha value is -3.41. The topological polar surface area (TPSA) is 78.9 Å². The Kier molecular flexibility index (Phi) is 63.2. The van der Waals surface area contributed by atoms with Gasteiger partial charge >= 0.3 is 17.9 Å². The molecule has 0 saturated carbocycles. The lowest BCUT2D eigenvalue weighted by molar-refractivity contribution is -0.166. The summed E-state index contributed by atoms with van der Waals surface area (Å²) >= 11 is 0. The molecule has 6 nitrogen and oxygen atoms in total. The summed E-state index contributed by atoms with van der Waals surface area (Å²) in [4.78, 5) is 38.4. The summed E-state index contributed by atoms with van der Waals surface area (Å²) < 4.78 is 16.9. The average Bonchev–Trinajstić information content (AvgIpc) is 3.44. The van der Waals surface area contributed by atoms with Crippen molar-refractivity contribution in [2.24, 2.45) is 0 Å². The van der Waals surface area contributed by atoms with Crippen LogP contribution >= 0.6 is 0 Å². The molecule has 0 aliphatic rings. The molecule has 0 saturated heterocycles. The highest BCUT2D eigenvalue weighted by molar-refractivity contribution is 5.71. The normalized spacial score (nSPS) is 12.6. The van der Waals surface area contributed by atoms with E-state index in [-0.39, 0.29) is 37.5 Å². The molecule has 0 amide bonds. The van der Waals surface area contributed by atoms with Gasteiger partial charge in [0.2, 0.25) is 0 Å². The van der Waals surface area contributed by atoms with Gasteiger partial charge in [0.15, 0.2) is 6.10 Å². The fourth-order valence-electron chi connectivity index (χ4n) is 9.64. The molecular weight excluding hydrogens is 961 g/mol. The van der Waals surface area contributed by atoms with Crippen LogP contribution in [0.2, 0.25) is 0 Å². The Morgan fingerprint density at radius 3 is 0.833 bits per heavy atom. The number of carbonyl (C=O) groups excluding carboxylic acids is 3. The van der Waals surface area contributed by atoms with Crippen molar-refractivity contribution < 1.29 is 28.6 Å². The highest BCUT2D eigenvalue weighted by atomic mass is 16.6. The van der Waals surface area contributed by atoms with E-state index in [1.807, 2.05) is 6.08 Å². The number of esters is 3. The van der Waals surface area contributed by atoms with E-state index in [1.54, 1.807) is 0 Å². The molecule has 1 atom stereocenters. The third kappa shape index (κ3) is 63.4. The summed E-state index contributed by atoms with van der Waals surface area (Å²) in [7, 11) is 0. The molecule has 6 heteroatoms. The van der Waals surface area contributed by atoms with Crippen molar-refractivity contribution in [1.29, 1.82) is 0 Å². The van der Waals surface area contributed by atoms with Crippen LogP contribution in [0.3, 0.4) is 0 Å². The number of hydrogen-bond acceptors (Lipinski definition) is 6. The molecule has 0 bridgehead atoms. The predicted octanol–water partition coefficient (Wildman–Crippen LogP) is 23.1. The van der Waals surface area contributed by atoms with E-state index in [0.717, 1.165) is 77.0 Å². The lowest BCUT2D eigenvalue weighted by Gasteiger charge is -2.18. The molecule has 0 aromatic carbocycles. The zero-order valence-corrected chi connectivity index (χ0v) is 51.7. The second-order valence-corrected chi connectivity index (χ2v) is 22.4. The SMILES string of the molecule is CC/C=C\C/C=C\C/C=C\C/C=C\C/C=C\C/C=C\CCC(=O)OC(COC(=O)CCCCCCCCCCCCC/C=C\CCCCCCCCCC)COC(=O)CCCCCCCCCCCCCCCCCCCC. The van der Waals surface area contributed by atoms with Gasteiger partial charge in [-0.1, -0.05) is 318 Å². The fourth-order valence-corrected chi connectivity index (χ4v) is 9.64. The van der Waals surface area contributed by atoms with E-state index in [4.69, 9.17) is 14.2 Å². The molecule has 0 aromatic rings. The molecule has 0 radical (unpaired) electrons. The largest absolute Gasteiger partial charge is 0.462 e. The number of hydrogen-bond donors (Lipinski definition) is 0. The first-order valence-corrected chi connectivity index (χ1v) is 33.6. The molecule has 0 heterocycles. The highest BCUT2D eigenvalue weighted by Gasteiger charge is 2.19. The smallest absolute Gasteiger partial charge is 0.306 e. The first-order valence-electron chi connectivity index (χ1n) is 33.6. The molecule has 0 aliphatic heterocycles. The zero-order valence-electron chi connectivity index (χ0n) is 51.7. The Morgan fingerprint density at radius 1 is 0.269 bits per heavy atom. The van der Waals surface area contributed by atoms with Crippen LogP contribution in [0.15, 0.2) is 85.1 Å². The van der Waals surface area contributed by atoms with Crippen LogP contribution in [0.25, 0.3) is 0 Å². The van der Waals surface area contributed by atoms with Gasteiger partial charge in [0.05, 0.1) is 0 Å². The van der Waals surface area contributed by atoms with Crippen LogP contribution in [0.1, 0.15) is 335 Å². The zero-order chi connectivity index (χ0) is 56.4. The summed E-state index contributed by atoms with van der Waals surface area (Å²) in [6.07, 6.45) is 87.5. The molecule has 0 spiro atoms. The van der Waals surface area contributed by atoms with Crippen molar-refractivity contribution >= 4 is 17.9 Å². The number of unbranched alkanes of at least 4 members (excludes halogenated alkanes) is 36. The second kappa shape index (κ2) is 66.1. The fraction of sp³-hybridized carbons (Fsp3) is 0.764. The number of rotatable bonds is 61. The number of allylic oxidation sites excluding steroid dienone is 14. The summed E-state index contributed by atoms with van der Waals surface area (Å²) in [6.45, 7) is 6.51. The van der Waals surface area contributed by atoms with E-state index in [0.29, 0.717) is 19.3 Å². The molecule has 0 aliphatic carbocycles. The first kappa shape index (κ1) is 74.6. The van der Waals surface area contributed by atoms with Crippen LogP contribution < -0.4 is 0 Å². The minimum absolute atomic E-state index is 0.104. The lowest BCUT2D eigenvalue weighted by Crippen LogP contribution is -2.30. The van der Waals surface area contributed by atoms with Crippen LogP contribution in [-0.2, 0) is 28.6 Å². The molecule has 78 heavy (non-hydrogen) atoms. The van der Waals surface area contributed by atoms with Gasteiger partial charge in [-0.2, -0.15) is 0 Å². The van der Waals surface area contributed by atoms with E-state index < -0.39 is 6.10 Å². The van der Waals surface area contributed by atoms with Crippen LogP contribution in [0.5, 0.6) is 0 Å². The summed E-state index contributed by atoms with van der Waals surface area (Å²) in [5.41, 5.74) is 0. The van der Waals surface area contributed by atoms with Gasteiger partial charge in [-0.3, -0.25) is 14.4 Å². The van der Waals surface area contributed by atoms with Gasteiger partial charge in [0, 0.05) is 19.3 Å². The van der Waals surface area contributed by atoms with Gasteiger partial charge in [-0.25, -0.2) is 0 Å². The first-order chi connectivity index (χ1) is 38.5. The Balaban J connectivity index is 4.42. The summed E-state index contributed by atoms with van der Waals surface area (Å²) in [5.74, 6) is -0.972. The van der Waals surface area contributed by atoms with E-state index in [1.165, 1.54) is 212 Å². The Labute approximate surface area is 484 Å². The van der Waals surface area contributed by atoms with Crippen molar-refractivity contribution in [2.45, 2.75) is 341 Å². The van der Waals surface area contributed by atoms with Crippen molar-refractivity contribution in [3.05, 3.63) is 85.1 Å². The maximum atomic E-state index is 12.9. The molecule has 0 aromatic heterocycles. The monoisotopic (exact) mass is 1090 g/mol. The number of carbonyl (C=O) groups is 3. The standard InChI is InChI=1S/C72H126O6/c1-4-7-10-13-16-19-22-25-28-31-34-35-36-37-39-41-44-47-50-53-56-59-62-65-71(74)77-68-69(67-76-70(73)64-61-58-55-52-49-46-43-40-33-30-27-24-21-18-15-12-9-6-3)78-72(75)66-63-60-57-54-51-48-45-42-38-32-29-26-23-20-17-14-11-8-5-2/h8,11,17,20,26,29,31,34,38,42,48,51,57,60,69H,4-7,9-10,12-16,18-19,21-25,27-28,30,32-33,35-37,39-41,43-47,49-50,52-56,58-59,61-68H2,1-3H3/b11-8-,20-17-,29-26-,34-31-,42-38-,51-48-,60-57-. The molecule has 1 unspecified atom stereocenters. The van der Waals surface area contributed by atoms with Crippen molar-refractivity contribution in [3.63, 3.8) is 0 Å². The highest BCUT2D eigenvalue weighted by Crippen LogP contribution is 2.17. The quantitative estimate of drug-likeness (QED) is 0.0261. The summed E-state index contributed by atoms with van der Waals surface area (Å²) in [6, 6.07) is 0. The Bertz CT molecular complexity index is 1480. The van der Waals surface area contributed by atoms with Gasteiger partial charge in [0.1, 0.15) is 13.2 Å². The minimum atomic E-state index is -0.817. The Morgan fingerprint density at radius 2 is 0.526 bits per heavy atom. The summed E-state index contributed by atoms with van der Waals surface area (Å²) in [5, 5.41) is 0. The van der Waals surface area contributed by atoms with Gasteiger partial charge in [0.25, 0.3) is 0 Å². The van der Waals surface area contributed by atoms with E-state index in [9.17, 15) is 14.4 Å². The van der Waals surface area contributed by atoms with E-state index in [2.05, 4.69) is 99.8 Å². The second-order valence-electron chi connectivity index (χ2n) is 22.4. The van der Waals surface area contributed by atoms with Crippen molar-refractivity contribution in [3.8, 4) is 0 Å². The third-order valence-electron chi connectivity index (χ3n) is 14.6. The maximum absolute atomic E-state index is 12.9. The predicted molar refractivity (Wildman–Crippen MR) is 339 cm³/mol. The van der Waals surface area contributed by atoms with Crippen molar-refractivity contribution in [2.75, 3.05) is 13.2 Å².